The number of rotatable bonds is 6. The summed E-state index contributed by atoms with van der Waals surface area (Å²) in [7, 11) is 0. The molecule has 0 aliphatic heterocycles. The quantitative estimate of drug-likeness (QED) is 0.331. The monoisotopic (exact) mass is 243 g/mol. The van der Waals surface area contributed by atoms with Crippen molar-refractivity contribution in [1.29, 1.82) is 0 Å². The Hall–Kier alpha value is -2.16. The van der Waals surface area contributed by atoms with Crippen molar-refractivity contribution < 1.29 is 9.63 Å². The zero-order valence-electron chi connectivity index (χ0n) is 10.5. The van der Waals surface area contributed by atoms with Gasteiger partial charge in [-0.05, 0) is 24.5 Å². The maximum Gasteiger partial charge on any atom is 0.331 e. The summed E-state index contributed by atoms with van der Waals surface area (Å²) in [6, 6.07) is 9.88. The minimum atomic E-state index is -0.417. The number of oxime groups is 1. The molecule has 0 unspecified atom stereocenters. The summed E-state index contributed by atoms with van der Waals surface area (Å²) in [6.45, 7) is 4.99. The van der Waals surface area contributed by atoms with Crippen LogP contribution in [-0.2, 0) is 9.63 Å². The highest BCUT2D eigenvalue weighted by Crippen LogP contribution is 2.04. The largest absolute Gasteiger partial charge is 0.331 e. The van der Waals surface area contributed by atoms with Gasteiger partial charge in [-0.1, -0.05) is 47.6 Å². The second-order valence-electron chi connectivity index (χ2n) is 3.74. The second kappa shape index (κ2) is 8.01. The van der Waals surface area contributed by atoms with Crippen LogP contribution in [0.1, 0.15) is 25.3 Å². The fourth-order valence-electron chi connectivity index (χ4n) is 1.29. The molecule has 1 aromatic carbocycles. The van der Waals surface area contributed by atoms with Gasteiger partial charge in [0.1, 0.15) is 0 Å². The van der Waals surface area contributed by atoms with Gasteiger partial charge < -0.3 is 4.84 Å². The Labute approximate surface area is 107 Å². The minimum absolute atomic E-state index is 0.417. The summed E-state index contributed by atoms with van der Waals surface area (Å²) < 4.78 is 0. The molecule has 0 bridgehead atoms. The van der Waals surface area contributed by atoms with E-state index in [9.17, 15) is 4.79 Å². The van der Waals surface area contributed by atoms with E-state index in [1.165, 1.54) is 6.92 Å². The highest BCUT2D eigenvalue weighted by Gasteiger charge is 1.97. The summed E-state index contributed by atoms with van der Waals surface area (Å²) in [4.78, 5) is 15.4. The lowest BCUT2D eigenvalue weighted by Gasteiger charge is -1.98. The van der Waals surface area contributed by atoms with Crippen LogP contribution in [0, 0.1) is 0 Å². The molecular weight excluding hydrogens is 226 g/mol. The molecule has 3 nitrogen and oxygen atoms in total. The van der Waals surface area contributed by atoms with Gasteiger partial charge in [-0.25, -0.2) is 4.79 Å². The molecule has 0 aromatic heterocycles. The van der Waals surface area contributed by atoms with Crippen molar-refractivity contribution in [3.63, 3.8) is 0 Å². The first-order chi connectivity index (χ1) is 8.72. The van der Waals surface area contributed by atoms with Gasteiger partial charge in [-0.3, -0.25) is 0 Å². The molecule has 0 aliphatic carbocycles. The number of hydrogen-bond acceptors (Lipinski definition) is 3. The van der Waals surface area contributed by atoms with Crippen LogP contribution in [-0.4, -0.2) is 11.7 Å². The van der Waals surface area contributed by atoms with Gasteiger partial charge in [0.05, 0.1) is 5.71 Å². The fraction of sp³-hybridized carbons (Fsp3) is 0.200. The standard InChI is InChI=1S/C15H17NO2/c1-3-4-10-15(16-18-13(2)17)12-11-14-8-6-5-7-9-14/h3,5-9,11-12H,1,4,10H2,2H3/b12-11+,16-15+. The Morgan fingerprint density at radius 1 is 1.39 bits per heavy atom. The molecule has 1 rings (SSSR count). The normalized spacial score (nSPS) is 11.5. The van der Waals surface area contributed by atoms with Gasteiger partial charge in [-0.2, -0.15) is 0 Å². The fourth-order valence-corrected chi connectivity index (χ4v) is 1.29. The first-order valence-electron chi connectivity index (χ1n) is 5.81. The van der Waals surface area contributed by atoms with Crippen LogP contribution in [0.25, 0.3) is 6.08 Å². The lowest BCUT2D eigenvalue weighted by atomic mass is 10.1. The molecule has 0 saturated carbocycles. The van der Waals surface area contributed by atoms with E-state index in [-0.39, 0.29) is 0 Å². The van der Waals surface area contributed by atoms with Crippen molar-refractivity contribution in [2.75, 3.05) is 0 Å². The molecular formula is C15H17NO2. The van der Waals surface area contributed by atoms with Crippen LogP contribution in [0.2, 0.25) is 0 Å². The third-order valence-corrected chi connectivity index (χ3v) is 2.16. The van der Waals surface area contributed by atoms with Crippen molar-refractivity contribution >= 4 is 17.8 Å². The number of allylic oxidation sites excluding steroid dienone is 2. The van der Waals surface area contributed by atoms with Crippen LogP contribution < -0.4 is 0 Å². The van der Waals surface area contributed by atoms with E-state index in [4.69, 9.17) is 0 Å². The van der Waals surface area contributed by atoms with E-state index in [1.54, 1.807) is 6.08 Å². The molecule has 0 radical (unpaired) electrons. The number of carbonyl (C=O) groups excluding carboxylic acids is 1. The maximum absolute atomic E-state index is 10.7. The minimum Gasteiger partial charge on any atom is -0.318 e. The zero-order valence-corrected chi connectivity index (χ0v) is 10.5. The van der Waals surface area contributed by atoms with Gasteiger partial charge >= 0.3 is 5.97 Å². The molecule has 0 spiro atoms. The van der Waals surface area contributed by atoms with E-state index in [0.29, 0.717) is 12.1 Å². The van der Waals surface area contributed by atoms with Crippen molar-refractivity contribution in [2.24, 2.45) is 5.16 Å². The number of nitrogens with zero attached hydrogens (tertiary/aromatic N) is 1. The van der Waals surface area contributed by atoms with Gasteiger partial charge in [0.2, 0.25) is 0 Å². The van der Waals surface area contributed by atoms with E-state index in [2.05, 4.69) is 16.6 Å². The van der Waals surface area contributed by atoms with E-state index in [0.717, 1.165) is 12.0 Å². The van der Waals surface area contributed by atoms with Crippen molar-refractivity contribution in [2.45, 2.75) is 19.8 Å². The number of hydrogen-bond donors (Lipinski definition) is 0. The third-order valence-electron chi connectivity index (χ3n) is 2.16. The Morgan fingerprint density at radius 3 is 2.72 bits per heavy atom. The first-order valence-corrected chi connectivity index (χ1v) is 5.81. The topological polar surface area (TPSA) is 38.7 Å². The molecule has 0 fully saturated rings. The van der Waals surface area contributed by atoms with Gasteiger partial charge in [-0.15, -0.1) is 6.58 Å². The predicted octanol–water partition coefficient (Wildman–Crippen LogP) is 3.59. The van der Waals surface area contributed by atoms with E-state index >= 15 is 0 Å². The van der Waals surface area contributed by atoms with E-state index < -0.39 is 5.97 Å². The van der Waals surface area contributed by atoms with Gasteiger partial charge in [0, 0.05) is 6.92 Å². The van der Waals surface area contributed by atoms with E-state index in [1.807, 2.05) is 42.5 Å². The average Bonchev–Trinajstić information content (AvgIpc) is 2.39. The van der Waals surface area contributed by atoms with Gasteiger partial charge in [0.25, 0.3) is 0 Å². The van der Waals surface area contributed by atoms with Crippen LogP contribution in [0.3, 0.4) is 0 Å². The smallest absolute Gasteiger partial charge is 0.318 e. The highest BCUT2D eigenvalue weighted by atomic mass is 16.7. The first kappa shape index (κ1) is 13.9. The summed E-state index contributed by atoms with van der Waals surface area (Å²) in [5.41, 5.74) is 1.79. The van der Waals surface area contributed by atoms with Crippen LogP contribution in [0.15, 0.2) is 54.2 Å². The van der Waals surface area contributed by atoms with Crippen molar-refractivity contribution in [3.05, 3.63) is 54.6 Å². The Bertz CT molecular complexity index is 447. The molecule has 3 heteroatoms. The molecule has 0 saturated heterocycles. The molecule has 0 aliphatic rings. The van der Waals surface area contributed by atoms with Crippen molar-refractivity contribution in [1.82, 2.24) is 0 Å². The summed E-state index contributed by atoms with van der Waals surface area (Å²) in [6.07, 6.45) is 7.08. The summed E-state index contributed by atoms with van der Waals surface area (Å²) >= 11 is 0. The lowest BCUT2D eigenvalue weighted by Crippen LogP contribution is -1.98. The third kappa shape index (κ3) is 5.80. The maximum atomic E-state index is 10.7. The molecule has 0 atom stereocenters. The number of carbonyl (C=O) groups is 1. The predicted molar refractivity (Wildman–Crippen MR) is 74.1 cm³/mol. The number of benzene rings is 1. The molecule has 0 heterocycles. The Balaban J connectivity index is 2.71. The zero-order chi connectivity index (χ0) is 13.2. The highest BCUT2D eigenvalue weighted by molar-refractivity contribution is 5.98. The second-order valence-corrected chi connectivity index (χ2v) is 3.74. The summed E-state index contributed by atoms with van der Waals surface area (Å²) in [5.74, 6) is -0.417. The Morgan fingerprint density at radius 2 is 2.11 bits per heavy atom. The SMILES string of the molecule is C=CCCC(/C=C/c1ccccc1)=N\OC(C)=O. The Kier molecular flexibility index (Phi) is 6.19. The van der Waals surface area contributed by atoms with Gasteiger partial charge in [0.15, 0.2) is 0 Å². The van der Waals surface area contributed by atoms with Crippen molar-refractivity contribution in [3.8, 4) is 0 Å². The molecule has 0 N–H and O–H groups in total. The van der Waals surface area contributed by atoms with Crippen LogP contribution in [0.5, 0.6) is 0 Å². The molecule has 18 heavy (non-hydrogen) atoms. The van der Waals surface area contributed by atoms with Crippen LogP contribution in [0.4, 0.5) is 0 Å². The van der Waals surface area contributed by atoms with Crippen LogP contribution >= 0.6 is 0 Å². The average molecular weight is 243 g/mol. The molecule has 0 amide bonds. The molecule has 1 aromatic rings. The summed E-state index contributed by atoms with van der Waals surface area (Å²) in [5, 5.41) is 3.81. The lowest BCUT2D eigenvalue weighted by molar-refractivity contribution is -0.140. The molecule has 94 valence electrons.